The van der Waals surface area contributed by atoms with E-state index in [1.807, 2.05) is 0 Å². The molecule has 0 aliphatic heterocycles. The molecular weight excluding hydrogens is 334 g/mol. The molecule has 0 aliphatic carbocycles. The molecule has 7 nitrogen and oxygen atoms in total. The van der Waals surface area contributed by atoms with Crippen LogP contribution < -0.4 is 5.32 Å². The van der Waals surface area contributed by atoms with E-state index >= 15 is 0 Å². The first-order valence-electron chi connectivity index (χ1n) is 7.62. The number of pyridine rings is 1. The molecule has 0 aliphatic rings. The summed E-state index contributed by atoms with van der Waals surface area (Å²) in [6.07, 6.45) is 3.31. The Morgan fingerprint density at radius 2 is 1.96 bits per heavy atom. The topological polar surface area (TPSA) is 91.8 Å². The van der Waals surface area contributed by atoms with Crippen LogP contribution in [0.5, 0.6) is 0 Å². The molecule has 2 amide bonds. The van der Waals surface area contributed by atoms with Crippen molar-refractivity contribution in [2.24, 2.45) is 5.92 Å². The fraction of sp³-hybridized carbons (Fsp3) is 0.562. The molecule has 0 fully saturated rings. The lowest BCUT2D eigenvalue weighted by Gasteiger charge is -2.23. The minimum Gasteiger partial charge on any atom is -0.445 e. The molecule has 1 aromatic heterocycles. The van der Waals surface area contributed by atoms with Crippen molar-refractivity contribution in [2.45, 2.75) is 32.9 Å². The van der Waals surface area contributed by atoms with Crippen molar-refractivity contribution in [3.63, 3.8) is 0 Å². The summed E-state index contributed by atoms with van der Waals surface area (Å²) in [5.74, 6) is 0.130. The van der Waals surface area contributed by atoms with Gasteiger partial charge in [0.2, 0.25) is 5.91 Å². The summed E-state index contributed by atoms with van der Waals surface area (Å²) in [6.45, 7) is 4.30. The van der Waals surface area contributed by atoms with E-state index in [1.165, 1.54) is 4.90 Å². The van der Waals surface area contributed by atoms with Crippen LogP contribution in [0.15, 0.2) is 24.5 Å². The Balaban J connectivity index is 0.00000529. The Labute approximate surface area is 148 Å². The third kappa shape index (κ3) is 8.12. The molecule has 0 aromatic carbocycles. The van der Waals surface area contributed by atoms with Gasteiger partial charge in [-0.05, 0) is 30.0 Å². The second-order valence-corrected chi connectivity index (χ2v) is 5.75. The standard InChI is InChI=1S/C16H25N3O4.ClH/c1-12(2)6-9-19(3)15(21)14(10-20)18-16(22)23-11-13-4-7-17-8-5-13;/h4-5,7-8,12,14,20H,6,9-11H2,1-3H3,(H,18,22);1H/t14-;/m0./s1. The SMILES string of the molecule is CC(C)CCN(C)C(=O)[C@H](CO)NC(=O)OCc1ccncc1.Cl. The number of likely N-dealkylation sites (N-methyl/N-ethyl adjacent to an activating group) is 1. The zero-order chi connectivity index (χ0) is 17.2. The fourth-order valence-corrected chi connectivity index (χ4v) is 1.83. The Morgan fingerprint density at radius 1 is 1.33 bits per heavy atom. The van der Waals surface area contributed by atoms with Crippen molar-refractivity contribution in [2.75, 3.05) is 20.2 Å². The molecule has 0 saturated carbocycles. The Kier molecular flexibility index (Phi) is 10.7. The number of carbonyl (C=O) groups is 2. The number of aliphatic hydroxyl groups is 1. The molecule has 136 valence electrons. The summed E-state index contributed by atoms with van der Waals surface area (Å²) >= 11 is 0. The molecule has 0 spiro atoms. The summed E-state index contributed by atoms with van der Waals surface area (Å²) in [5.41, 5.74) is 0.788. The Bertz CT molecular complexity index is 499. The number of carbonyl (C=O) groups excluding carboxylic acids is 2. The quantitative estimate of drug-likeness (QED) is 0.735. The van der Waals surface area contributed by atoms with Gasteiger partial charge < -0.3 is 20.1 Å². The third-order valence-corrected chi connectivity index (χ3v) is 3.31. The second kappa shape index (κ2) is 11.6. The average Bonchev–Trinajstić information content (AvgIpc) is 2.55. The van der Waals surface area contributed by atoms with Crippen LogP contribution in [0.4, 0.5) is 4.79 Å². The third-order valence-electron chi connectivity index (χ3n) is 3.31. The maximum atomic E-state index is 12.2. The first kappa shape index (κ1) is 22.1. The van der Waals surface area contributed by atoms with Crippen molar-refractivity contribution in [3.8, 4) is 0 Å². The summed E-state index contributed by atoms with van der Waals surface area (Å²) in [7, 11) is 1.65. The molecule has 2 N–H and O–H groups in total. The van der Waals surface area contributed by atoms with Crippen molar-refractivity contribution in [1.29, 1.82) is 0 Å². The van der Waals surface area contributed by atoms with Gasteiger partial charge in [-0.15, -0.1) is 12.4 Å². The number of aliphatic hydroxyl groups excluding tert-OH is 1. The minimum absolute atomic E-state index is 0. The summed E-state index contributed by atoms with van der Waals surface area (Å²) < 4.78 is 5.03. The molecule has 1 aromatic rings. The van der Waals surface area contributed by atoms with Gasteiger partial charge in [0.25, 0.3) is 0 Å². The van der Waals surface area contributed by atoms with E-state index < -0.39 is 18.7 Å². The van der Waals surface area contributed by atoms with Gasteiger partial charge in [0.15, 0.2) is 0 Å². The summed E-state index contributed by atoms with van der Waals surface area (Å²) in [4.78, 5) is 29.3. The zero-order valence-corrected chi connectivity index (χ0v) is 15.1. The highest BCUT2D eigenvalue weighted by atomic mass is 35.5. The Hall–Kier alpha value is -1.86. The molecule has 1 heterocycles. The monoisotopic (exact) mass is 359 g/mol. The molecular formula is C16H26ClN3O4. The van der Waals surface area contributed by atoms with E-state index in [0.717, 1.165) is 12.0 Å². The predicted molar refractivity (Wildman–Crippen MR) is 92.8 cm³/mol. The number of alkyl carbamates (subject to hydrolysis) is 1. The van der Waals surface area contributed by atoms with Crippen molar-refractivity contribution < 1.29 is 19.4 Å². The van der Waals surface area contributed by atoms with Gasteiger partial charge in [0, 0.05) is 26.0 Å². The van der Waals surface area contributed by atoms with Gasteiger partial charge in [-0.1, -0.05) is 13.8 Å². The number of aromatic nitrogens is 1. The number of amides is 2. The van der Waals surface area contributed by atoms with E-state index in [4.69, 9.17) is 4.74 Å². The molecule has 0 radical (unpaired) electrons. The smallest absolute Gasteiger partial charge is 0.408 e. The van der Waals surface area contributed by atoms with Gasteiger partial charge in [-0.3, -0.25) is 9.78 Å². The molecule has 1 rings (SSSR count). The van der Waals surface area contributed by atoms with Crippen LogP contribution >= 0.6 is 12.4 Å². The first-order chi connectivity index (χ1) is 10.9. The first-order valence-corrected chi connectivity index (χ1v) is 7.62. The van der Waals surface area contributed by atoms with Crippen LogP contribution in [-0.4, -0.2) is 53.2 Å². The van der Waals surface area contributed by atoms with Crippen LogP contribution in [0.25, 0.3) is 0 Å². The van der Waals surface area contributed by atoms with Crippen LogP contribution in [0.2, 0.25) is 0 Å². The molecule has 0 bridgehead atoms. The fourth-order valence-electron chi connectivity index (χ4n) is 1.83. The van der Waals surface area contributed by atoms with Gasteiger partial charge >= 0.3 is 6.09 Å². The lowest BCUT2D eigenvalue weighted by Crippen LogP contribution is -2.49. The lowest BCUT2D eigenvalue weighted by atomic mass is 10.1. The second-order valence-electron chi connectivity index (χ2n) is 5.75. The van der Waals surface area contributed by atoms with E-state index in [-0.39, 0.29) is 24.9 Å². The largest absolute Gasteiger partial charge is 0.445 e. The zero-order valence-electron chi connectivity index (χ0n) is 14.3. The average molecular weight is 360 g/mol. The maximum Gasteiger partial charge on any atom is 0.408 e. The van der Waals surface area contributed by atoms with E-state index in [9.17, 15) is 14.7 Å². The lowest BCUT2D eigenvalue weighted by molar-refractivity contribution is -0.133. The molecule has 1 atom stereocenters. The van der Waals surface area contributed by atoms with Gasteiger partial charge in [-0.2, -0.15) is 0 Å². The van der Waals surface area contributed by atoms with Crippen molar-refractivity contribution in [3.05, 3.63) is 30.1 Å². The number of nitrogens with one attached hydrogen (secondary N) is 1. The maximum absolute atomic E-state index is 12.2. The number of ether oxygens (including phenoxy) is 1. The van der Waals surface area contributed by atoms with Crippen molar-refractivity contribution in [1.82, 2.24) is 15.2 Å². The van der Waals surface area contributed by atoms with Gasteiger partial charge in [-0.25, -0.2) is 4.79 Å². The highest BCUT2D eigenvalue weighted by Gasteiger charge is 2.23. The van der Waals surface area contributed by atoms with E-state index in [0.29, 0.717) is 12.5 Å². The number of hydrogen-bond acceptors (Lipinski definition) is 5. The van der Waals surface area contributed by atoms with Crippen LogP contribution in [0.3, 0.4) is 0 Å². The molecule has 0 saturated heterocycles. The number of hydrogen-bond donors (Lipinski definition) is 2. The molecule has 8 heteroatoms. The van der Waals surface area contributed by atoms with Crippen molar-refractivity contribution >= 4 is 24.4 Å². The highest BCUT2D eigenvalue weighted by Crippen LogP contribution is 2.03. The number of rotatable bonds is 8. The van der Waals surface area contributed by atoms with E-state index in [2.05, 4.69) is 24.1 Å². The Morgan fingerprint density at radius 3 is 2.50 bits per heavy atom. The van der Waals surface area contributed by atoms with Gasteiger partial charge in [0.1, 0.15) is 12.6 Å². The summed E-state index contributed by atoms with van der Waals surface area (Å²) in [5, 5.41) is 11.7. The highest BCUT2D eigenvalue weighted by molar-refractivity contribution is 5.86. The number of nitrogens with zero attached hydrogens (tertiary/aromatic N) is 2. The van der Waals surface area contributed by atoms with Crippen LogP contribution in [0, 0.1) is 5.92 Å². The number of halogens is 1. The van der Waals surface area contributed by atoms with Crippen LogP contribution in [-0.2, 0) is 16.1 Å². The normalized spacial score (nSPS) is 11.4. The molecule has 24 heavy (non-hydrogen) atoms. The van der Waals surface area contributed by atoms with Gasteiger partial charge in [0.05, 0.1) is 6.61 Å². The van der Waals surface area contributed by atoms with Crippen LogP contribution in [0.1, 0.15) is 25.8 Å². The minimum atomic E-state index is -1.00. The molecule has 0 unspecified atom stereocenters. The predicted octanol–water partition coefficient (Wildman–Crippen LogP) is 1.59. The summed E-state index contributed by atoms with van der Waals surface area (Å²) in [6, 6.07) is 2.45. The van der Waals surface area contributed by atoms with E-state index in [1.54, 1.807) is 31.6 Å².